The van der Waals surface area contributed by atoms with E-state index in [1.54, 1.807) is 12.4 Å². The summed E-state index contributed by atoms with van der Waals surface area (Å²) in [6.45, 7) is 2.89. The summed E-state index contributed by atoms with van der Waals surface area (Å²) in [5.41, 5.74) is 0.0949. The fourth-order valence-corrected chi connectivity index (χ4v) is 2.72. The van der Waals surface area contributed by atoms with E-state index in [0.29, 0.717) is 12.0 Å². The van der Waals surface area contributed by atoms with E-state index in [4.69, 9.17) is 4.74 Å². The second kappa shape index (κ2) is 4.58. The number of rotatable bonds is 2. The quantitative estimate of drug-likeness (QED) is 0.792. The average molecular weight is 234 g/mol. The summed E-state index contributed by atoms with van der Waals surface area (Å²) in [7, 11) is 0. The van der Waals surface area contributed by atoms with Gasteiger partial charge in [-0.1, -0.05) is 0 Å². The first kappa shape index (κ1) is 10.9. The van der Waals surface area contributed by atoms with E-state index in [-0.39, 0.29) is 5.60 Å². The molecule has 0 saturated carbocycles. The molecule has 0 bridgehead atoms. The zero-order valence-electron chi connectivity index (χ0n) is 9.85. The van der Waals surface area contributed by atoms with Gasteiger partial charge in [-0.25, -0.2) is 9.97 Å². The summed E-state index contributed by atoms with van der Waals surface area (Å²) < 4.78 is 6.01. The van der Waals surface area contributed by atoms with Gasteiger partial charge >= 0.3 is 0 Å². The Morgan fingerprint density at radius 1 is 1.29 bits per heavy atom. The molecule has 5 heteroatoms. The lowest BCUT2D eigenvalue weighted by molar-refractivity contribution is -0.0192. The SMILES string of the molecule is c1cnc(N[C@@H]2COC3(CCNCC3)C2)nc1. The Morgan fingerprint density at radius 3 is 2.82 bits per heavy atom. The van der Waals surface area contributed by atoms with Gasteiger partial charge in [0.15, 0.2) is 0 Å². The second-order valence-electron chi connectivity index (χ2n) is 4.86. The van der Waals surface area contributed by atoms with Crippen molar-refractivity contribution in [2.24, 2.45) is 0 Å². The molecule has 0 aliphatic carbocycles. The molecule has 3 rings (SSSR count). The third-order valence-electron chi connectivity index (χ3n) is 3.62. The average Bonchev–Trinajstić information content (AvgIpc) is 2.74. The van der Waals surface area contributed by atoms with Gasteiger partial charge in [0.1, 0.15) is 0 Å². The number of ether oxygens (including phenoxy) is 1. The van der Waals surface area contributed by atoms with Gasteiger partial charge in [-0.2, -0.15) is 0 Å². The summed E-state index contributed by atoms with van der Waals surface area (Å²) >= 11 is 0. The van der Waals surface area contributed by atoms with Gasteiger partial charge in [-0.3, -0.25) is 0 Å². The van der Waals surface area contributed by atoms with Crippen LogP contribution in [0, 0.1) is 0 Å². The lowest BCUT2D eigenvalue weighted by atomic mass is 9.88. The smallest absolute Gasteiger partial charge is 0.222 e. The molecule has 5 nitrogen and oxygen atoms in total. The van der Waals surface area contributed by atoms with E-state index in [9.17, 15) is 0 Å². The third-order valence-corrected chi connectivity index (χ3v) is 3.62. The first-order valence-corrected chi connectivity index (χ1v) is 6.25. The van der Waals surface area contributed by atoms with Crippen molar-refractivity contribution < 1.29 is 4.74 Å². The summed E-state index contributed by atoms with van der Waals surface area (Å²) in [5.74, 6) is 0.701. The fourth-order valence-electron chi connectivity index (χ4n) is 2.72. The number of hydrogen-bond acceptors (Lipinski definition) is 5. The Labute approximate surface area is 101 Å². The monoisotopic (exact) mass is 234 g/mol. The third kappa shape index (κ3) is 2.40. The van der Waals surface area contributed by atoms with Crippen LogP contribution < -0.4 is 10.6 Å². The second-order valence-corrected chi connectivity index (χ2v) is 4.86. The van der Waals surface area contributed by atoms with Crippen molar-refractivity contribution in [1.82, 2.24) is 15.3 Å². The highest BCUT2D eigenvalue weighted by Crippen LogP contribution is 2.34. The molecule has 2 saturated heterocycles. The Balaban J connectivity index is 1.60. The van der Waals surface area contributed by atoms with Crippen molar-refractivity contribution in [2.45, 2.75) is 30.9 Å². The van der Waals surface area contributed by atoms with Crippen molar-refractivity contribution in [2.75, 3.05) is 25.0 Å². The normalized spacial score (nSPS) is 27.2. The number of piperidine rings is 1. The molecule has 2 fully saturated rings. The van der Waals surface area contributed by atoms with Crippen molar-refractivity contribution in [1.29, 1.82) is 0 Å². The Morgan fingerprint density at radius 2 is 2.06 bits per heavy atom. The molecule has 1 atom stereocenters. The van der Waals surface area contributed by atoms with E-state index < -0.39 is 0 Å². The van der Waals surface area contributed by atoms with Crippen LogP contribution in [0.5, 0.6) is 0 Å². The van der Waals surface area contributed by atoms with Crippen molar-refractivity contribution in [3.05, 3.63) is 18.5 Å². The first-order valence-electron chi connectivity index (χ1n) is 6.25. The molecular weight excluding hydrogens is 216 g/mol. The van der Waals surface area contributed by atoms with Gasteiger partial charge in [0, 0.05) is 12.4 Å². The Kier molecular flexibility index (Phi) is 2.94. The molecule has 0 unspecified atom stereocenters. The molecule has 92 valence electrons. The van der Waals surface area contributed by atoms with Crippen molar-refractivity contribution in [3.63, 3.8) is 0 Å². The maximum Gasteiger partial charge on any atom is 0.222 e. The molecule has 1 aromatic rings. The number of nitrogens with zero attached hydrogens (tertiary/aromatic N) is 2. The molecule has 3 heterocycles. The van der Waals surface area contributed by atoms with E-state index in [0.717, 1.165) is 39.0 Å². The van der Waals surface area contributed by atoms with Gasteiger partial charge < -0.3 is 15.4 Å². The molecule has 0 aromatic carbocycles. The van der Waals surface area contributed by atoms with Crippen LogP contribution in [0.2, 0.25) is 0 Å². The predicted octanol–water partition coefficient (Wildman–Crippen LogP) is 0.800. The van der Waals surface area contributed by atoms with Crippen LogP contribution in [0.25, 0.3) is 0 Å². The predicted molar refractivity (Wildman–Crippen MR) is 64.8 cm³/mol. The molecule has 2 N–H and O–H groups in total. The van der Waals surface area contributed by atoms with Gasteiger partial charge in [0.25, 0.3) is 0 Å². The summed E-state index contributed by atoms with van der Waals surface area (Å²) in [6.07, 6.45) is 6.80. The lowest BCUT2D eigenvalue weighted by Gasteiger charge is -2.32. The van der Waals surface area contributed by atoms with Gasteiger partial charge in [-0.05, 0) is 38.4 Å². The molecular formula is C12H18N4O. The number of anilines is 1. The highest BCUT2D eigenvalue weighted by atomic mass is 16.5. The minimum Gasteiger partial charge on any atom is -0.373 e. The molecule has 1 aromatic heterocycles. The largest absolute Gasteiger partial charge is 0.373 e. The zero-order chi connectivity index (χ0) is 11.6. The molecule has 2 aliphatic heterocycles. The van der Waals surface area contributed by atoms with Crippen LogP contribution in [-0.2, 0) is 4.74 Å². The van der Waals surface area contributed by atoms with Crippen molar-refractivity contribution >= 4 is 5.95 Å². The standard InChI is InChI=1S/C12H18N4O/c1-4-14-11(15-5-1)16-10-8-12(17-9-10)2-6-13-7-3-12/h1,4-5,10,13H,2-3,6-9H2,(H,14,15,16)/t10-/m0/s1. The minimum atomic E-state index is 0.0949. The van der Waals surface area contributed by atoms with Gasteiger partial charge in [0.2, 0.25) is 5.95 Å². The number of aromatic nitrogens is 2. The number of hydrogen-bond donors (Lipinski definition) is 2. The number of nitrogens with one attached hydrogen (secondary N) is 2. The molecule has 17 heavy (non-hydrogen) atoms. The maximum absolute atomic E-state index is 6.01. The highest BCUT2D eigenvalue weighted by Gasteiger charge is 2.41. The summed E-state index contributed by atoms with van der Waals surface area (Å²) in [5, 5.41) is 6.72. The summed E-state index contributed by atoms with van der Waals surface area (Å²) in [6, 6.07) is 2.17. The fraction of sp³-hybridized carbons (Fsp3) is 0.667. The van der Waals surface area contributed by atoms with Crippen LogP contribution in [-0.4, -0.2) is 41.3 Å². The van der Waals surface area contributed by atoms with E-state index in [1.807, 2.05) is 6.07 Å². The Hall–Kier alpha value is -1.20. The topological polar surface area (TPSA) is 59.1 Å². The van der Waals surface area contributed by atoms with Crippen LogP contribution in [0.4, 0.5) is 5.95 Å². The van der Waals surface area contributed by atoms with Crippen LogP contribution in [0.1, 0.15) is 19.3 Å². The molecule has 0 amide bonds. The van der Waals surface area contributed by atoms with Crippen LogP contribution >= 0.6 is 0 Å². The van der Waals surface area contributed by atoms with E-state index in [1.165, 1.54) is 0 Å². The molecule has 0 radical (unpaired) electrons. The maximum atomic E-state index is 6.01. The van der Waals surface area contributed by atoms with Gasteiger partial charge in [0.05, 0.1) is 18.2 Å². The Bertz CT molecular complexity index is 364. The van der Waals surface area contributed by atoms with Gasteiger partial charge in [-0.15, -0.1) is 0 Å². The van der Waals surface area contributed by atoms with Crippen LogP contribution in [0.3, 0.4) is 0 Å². The lowest BCUT2D eigenvalue weighted by Crippen LogP contribution is -2.41. The summed E-state index contributed by atoms with van der Waals surface area (Å²) in [4.78, 5) is 8.37. The van der Waals surface area contributed by atoms with E-state index in [2.05, 4.69) is 20.6 Å². The molecule has 2 aliphatic rings. The van der Waals surface area contributed by atoms with Crippen LogP contribution in [0.15, 0.2) is 18.5 Å². The first-order chi connectivity index (χ1) is 8.36. The molecule has 1 spiro atoms. The van der Waals surface area contributed by atoms with E-state index >= 15 is 0 Å². The highest BCUT2D eigenvalue weighted by molar-refractivity contribution is 5.25. The van der Waals surface area contributed by atoms with Crippen molar-refractivity contribution in [3.8, 4) is 0 Å². The zero-order valence-corrected chi connectivity index (χ0v) is 9.85. The minimum absolute atomic E-state index is 0.0949.